The second-order valence-electron chi connectivity index (χ2n) is 4.79. The molecule has 1 N–H and O–H groups in total. The van der Waals surface area contributed by atoms with Gasteiger partial charge in [0.2, 0.25) is 0 Å². The predicted molar refractivity (Wildman–Crippen MR) is 77.8 cm³/mol. The van der Waals surface area contributed by atoms with Crippen LogP contribution in [0, 0.1) is 30.3 Å². The van der Waals surface area contributed by atoms with Crippen LogP contribution in [0.2, 0.25) is 0 Å². The summed E-state index contributed by atoms with van der Waals surface area (Å²) in [7, 11) is 0. The minimum Gasteiger partial charge on any atom is -0.330 e. The number of halogens is 2. The monoisotopic (exact) mass is 290 g/mol. The first-order valence-electron chi connectivity index (χ1n) is 6.15. The summed E-state index contributed by atoms with van der Waals surface area (Å²) >= 11 is 5.26. The van der Waals surface area contributed by atoms with E-state index in [1.54, 1.807) is 23.6 Å². The molecule has 2 nitrogen and oxygen atoms in total. The summed E-state index contributed by atoms with van der Waals surface area (Å²) in [5, 5.41) is 0. The second kappa shape index (κ2) is 4.52. The topological polar surface area (TPSA) is 20.7 Å². The molecule has 5 heteroatoms. The highest BCUT2D eigenvalue weighted by molar-refractivity contribution is 7.71. The molecule has 0 saturated heterocycles. The first-order chi connectivity index (χ1) is 9.49. The van der Waals surface area contributed by atoms with E-state index in [0.717, 1.165) is 5.56 Å². The van der Waals surface area contributed by atoms with Crippen LogP contribution in [0.5, 0.6) is 0 Å². The number of aromatic nitrogens is 2. The van der Waals surface area contributed by atoms with Crippen LogP contribution < -0.4 is 0 Å². The van der Waals surface area contributed by atoms with Crippen molar-refractivity contribution in [3.8, 4) is 5.69 Å². The summed E-state index contributed by atoms with van der Waals surface area (Å²) in [6, 6.07) is 7.91. The molecule has 0 spiro atoms. The van der Waals surface area contributed by atoms with Crippen LogP contribution in [0.1, 0.15) is 11.1 Å². The zero-order chi connectivity index (χ0) is 14.4. The smallest absolute Gasteiger partial charge is 0.182 e. The summed E-state index contributed by atoms with van der Waals surface area (Å²) in [4.78, 5) is 2.92. The highest BCUT2D eigenvalue weighted by Crippen LogP contribution is 2.26. The molecule has 0 aliphatic carbocycles. The number of aromatic amines is 1. The molecule has 0 aliphatic heterocycles. The van der Waals surface area contributed by atoms with Crippen LogP contribution in [-0.2, 0) is 0 Å². The van der Waals surface area contributed by atoms with Gasteiger partial charge in [-0.25, -0.2) is 8.78 Å². The quantitative estimate of drug-likeness (QED) is 0.650. The average molecular weight is 290 g/mol. The van der Waals surface area contributed by atoms with E-state index >= 15 is 0 Å². The van der Waals surface area contributed by atoms with Gasteiger partial charge in [0.1, 0.15) is 11.6 Å². The Labute approximate surface area is 119 Å². The third-order valence-corrected chi connectivity index (χ3v) is 3.66. The molecule has 0 atom stereocenters. The zero-order valence-electron chi connectivity index (χ0n) is 11.0. The number of H-pyrrole nitrogens is 1. The van der Waals surface area contributed by atoms with Gasteiger partial charge in [0.05, 0.1) is 16.7 Å². The Balaban J connectivity index is 2.46. The van der Waals surface area contributed by atoms with Gasteiger partial charge in [-0.2, -0.15) is 0 Å². The highest BCUT2D eigenvalue weighted by Gasteiger charge is 2.14. The fraction of sp³-hybridized carbons (Fsp3) is 0.133. The van der Waals surface area contributed by atoms with Crippen molar-refractivity contribution in [1.29, 1.82) is 0 Å². The Kier molecular flexibility index (Phi) is 2.94. The van der Waals surface area contributed by atoms with Crippen LogP contribution in [0.3, 0.4) is 0 Å². The molecule has 102 valence electrons. The molecular formula is C15H12F2N2S. The maximum Gasteiger partial charge on any atom is 0.182 e. The maximum absolute atomic E-state index is 14.1. The highest BCUT2D eigenvalue weighted by atomic mass is 32.1. The summed E-state index contributed by atoms with van der Waals surface area (Å²) in [6.07, 6.45) is 0. The number of nitrogens with one attached hydrogen (secondary N) is 1. The lowest BCUT2D eigenvalue weighted by atomic mass is 10.1. The minimum atomic E-state index is -0.357. The Morgan fingerprint density at radius 2 is 1.80 bits per heavy atom. The third kappa shape index (κ3) is 1.86. The standard InChI is InChI=1S/C15H12F2N2S/c1-8-4-3-5-10(16)14(8)19-13-6-9(2)11(17)7-12(13)18-15(19)20/h3-7H,1-2H3,(H,18,20). The van der Waals surface area contributed by atoms with Crippen LogP contribution >= 0.6 is 12.2 Å². The Hall–Kier alpha value is -2.01. The van der Waals surface area contributed by atoms with Crippen LogP contribution in [0.25, 0.3) is 16.7 Å². The lowest BCUT2D eigenvalue weighted by Gasteiger charge is -2.10. The van der Waals surface area contributed by atoms with Crippen molar-refractivity contribution in [2.24, 2.45) is 0 Å². The average Bonchev–Trinajstić information content (AvgIpc) is 2.67. The molecule has 0 bridgehead atoms. The molecule has 20 heavy (non-hydrogen) atoms. The van der Waals surface area contributed by atoms with E-state index < -0.39 is 0 Å². The lowest BCUT2D eigenvalue weighted by Crippen LogP contribution is -2.01. The Bertz CT molecular complexity index is 857. The second-order valence-corrected chi connectivity index (χ2v) is 5.18. The van der Waals surface area contributed by atoms with Gasteiger partial charge in [-0.05, 0) is 55.4 Å². The van der Waals surface area contributed by atoms with Crippen LogP contribution in [0.15, 0.2) is 30.3 Å². The molecule has 0 radical (unpaired) electrons. The van der Waals surface area contributed by atoms with Gasteiger partial charge in [-0.1, -0.05) is 12.1 Å². The van der Waals surface area contributed by atoms with Gasteiger partial charge in [0, 0.05) is 0 Å². The van der Waals surface area contributed by atoms with Crippen molar-refractivity contribution in [2.75, 3.05) is 0 Å². The van der Waals surface area contributed by atoms with E-state index in [9.17, 15) is 8.78 Å². The van der Waals surface area contributed by atoms with Crippen LogP contribution in [-0.4, -0.2) is 9.55 Å². The van der Waals surface area contributed by atoms with Crippen molar-refractivity contribution in [3.63, 3.8) is 0 Å². The fourth-order valence-corrected chi connectivity index (χ4v) is 2.66. The first kappa shape index (κ1) is 13.0. The molecule has 0 aliphatic rings. The molecule has 0 amide bonds. The number of fused-ring (bicyclic) bond motifs is 1. The van der Waals surface area contributed by atoms with Crippen LogP contribution in [0.4, 0.5) is 8.78 Å². The van der Waals surface area contributed by atoms with E-state index in [2.05, 4.69) is 4.98 Å². The lowest BCUT2D eigenvalue weighted by molar-refractivity contribution is 0.616. The van der Waals surface area contributed by atoms with Gasteiger partial charge in [-0.15, -0.1) is 0 Å². The molecule has 3 rings (SSSR count). The number of hydrogen-bond donors (Lipinski definition) is 1. The summed E-state index contributed by atoms with van der Waals surface area (Å²) in [5.41, 5.74) is 2.89. The van der Waals surface area contributed by atoms with Crippen molar-refractivity contribution >= 4 is 23.3 Å². The van der Waals surface area contributed by atoms with Crippen molar-refractivity contribution in [3.05, 3.63) is 57.9 Å². The van der Waals surface area contributed by atoms with Crippen molar-refractivity contribution in [2.45, 2.75) is 13.8 Å². The number of benzene rings is 2. The summed E-state index contributed by atoms with van der Waals surface area (Å²) < 4.78 is 29.7. The number of nitrogens with zero attached hydrogens (tertiary/aromatic N) is 1. The first-order valence-corrected chi connectivity index (χ1v) is 6.56. The Morgan fingerprint density at radius 1 is 1.05 bits per heavy atom. The fourth-order valence-electron chi connectivity index (χ4n) is 2.36. The normalized spacial score (nSPS) is 11.2. The molecular weight excluding hydrogens is 278 g/mol. The molecule has 0 fully saturated rings. The van der Waals surface area contributed by atoms with E-state index in [4.69, 9.17) is 12.2 Å². The Morgan fingerprint density at radius 3 is 2.50 bits per heavy atom. The SMILES string of the molecule is Cc1cc2c(cc1F)[nH]c(=S)n2-c1c(C)cccc1F. The molecule has 1 heterocycles. The molecule has 0 saturated carbocycles. The molecule has 2 aromatic carbocycles. The maximum atomic E-state index is 14.1. The van der Waals surface area contributed by atoms with Gasteiger partial charge in [0.15, 0.2) is 4.77 Å². The number of para-hydroxylation sites is 1. The van der Waals surface area contributed by atoms with E-state index in [0.29, 0.717) is 27.1 Å². The van der Waals surface area contributed by atoms with E-state index in [-0.39, 0.29) is 11.6 Å². The van der Waals surface area contributed by atoms with Gasteiger partial charge < -0.3 is 4.98 Å². The number of rotatable bonds is 1. The largest absolute Gasteiger partial charge is 0.330 e. The van der Waals surface area contributed by atoms with Crippen molar-refractivity contribution in [1.82, 2.24) is 9.55 Å². The van der Waals surface area contributed by atoms with Gasteiger partial charge >= 0.3 is 0 Å². The molecule has 1 aromatic heterocycles. The number of aryl methyl sites for hydroxylation is 2. The predicted octanol–water partition coefficient (Wildman–Crippen LogP) is 4.58. The van der Waals surface area contributed by atoms with Gasteiger partial charge in [0.25, 0.3) is 0 Å². The number of imidazole rings is 1. The minimum absolute atomic E-state index is 0.314. The van der Waals surface area contributed by atoms with E-state index in [1.165, 1.54) is 12.1 Å². The number of hydrogen-bond acceptors (Lipinski definition) is 1. The zero-order valence-corrected chi connectivity index (χ0v) is 11.8. The third-order valence-electron chi connectivity index (χ3n) is 3.37. The van der Waals surface area contributed by atoms with Crippen molar-refractivity contribution < 1.29 is 8.78 Å². The molecule has 0 unspecified atom stereocenters. The summed E-state index contributed by atoms with van der Waals surface area (Å²) in [5.74, 6) is -0.671. The molecule has 3 aromatic rings. The van der Waals surface area contributed by atoms with E-state index in [1.807, 2.05) is 13.0 Å². The van der Waals surface area contributed by atoms with Gasteiger partial charge in [-0.3, -0.25) is 4.57 Å². The summed E-state index contributed by atoms with van der Waals surface area (Å²) in [6.45, 7) is 3.48.